The van der Waals surface area contributed by atoms with E-state index in [0.717, 1.165) is 34.5 Å². The van der Waals surface area contributed by atoms with Crippen molar-refractivity contribution in [3.63, 3.8) is 0 Å². The van der Waals surface area contributed by atoms with Crippen LogP contribution in [0.1, 0.15) is 27.2 Å². The van der Waals surface area contributed by atoms with Crippen LogP contribution in [0.25, 0.3) is 16.9 Å². The SMILES string of the molecule is Cc1ccc(-n2nc(-c3ccccc3Cl)cc2C(=O)N2CCN(c3cccc(C(F)(F)F)c3)CC2)c(C)c1. The molecule has 3 aromatic carbocycles. The summed E-state index contributed by atoms with van der Waals surface area (Å²) in [6.45, 7) is 5.56. The van der Waals surface area contributed by atoms with Crippen molar-refractivity contribution in [3.05, 3.63) is 100 Å². The number of anilines is 1. The van der Waals surface area contributed by atoms with Crippen LogP contribution in [0.2, 0.25) is 5.02 Å². The molecule has 5 rings (SSSR count). The van der Waals surface area contributed by atoms with Gasteiger partial charge in [-0.3, -0.25) is 4.79 Å². The molecule has 9 heteroatoms. The number of rotatable bonds is 4. The average Bonchev–Trinajstić information content (AvgIpc) is 3.33. The second kappa shape index (κ2) is 10.2. The number of carbonyl (C=O) groups excluding carboxylic acids is 1. The van der Waals surface area contributed by atoms with Crippen LogP contribution in [0.3, 0.4) is 0 Å². The lowest BCUT2D eigenvalue weighted by atomic mass is 10.1. The van der Waals surface area contributed by atoms with Crippen molar-refractivity contribution < 1.29 is 18.0 Å². The first-order chi connectivity index (χ1) is 18.1. The molecule has 5 nitrogen and oxygen atoms in total. The first-order valence-electron chi connectivity index (χ1n) is 12.3. The number of piperazine rings is 1. The van der Waals surface area contributed by atoms with Crippen molar-refractivity contribution >= 4 is 23.2 Å². The number of aryl methyl sites for hydroxylation is 2. The molecule has 1 saturated heterocycles. The predicted molar refractivity (Wildman–Crippen MR) is 143 cm³/mol. The molecule has 1 aliphatic rings. The molecule has 0 N–H and O–H groups in total. The Morgan fingerprint density at radius 1 is 0.895 bits per heavy atom. The molecule has 38 heavy (non-hydrogen) atoms. The van der Waals surface area contributed by atoms with Gasteiger partial charge in [0.1, 0.15) is 5.69 Å². The summed E-state index contributed by atoms with van der Waals surface area (Å²) in [4.78, 5) is 17.4. The van der Waals surface area contributed by atoms with Crippen molar-refractivity contribution in [2.24, 2.45) is 0 Å². The monoisotopic (exact) mass is 538 g/mol. The number of amides is 1. The van der Waals surface area contributed by atoms with Gasteiger partial charge in [0.15, 0.2) is 0 Å². The molecule has 0 unspecified atom stereocenters. The van der Waals surface area contributed by atoms with Gasteiger partial charge in [0.2, 0.25) is 0 Å². The number of benzene rings is 3. The fraction of sp³-hybridized carbons (Fsp3) is 0.241. The van der Waals surface area contributed by atoms with Crippen LogP contribution in [-0.4, -0.2) is 46.8 Å². The fourth-order valence-electron chi connectivity index (χ4n) is 4.77. The Morgan fingerprint density at radius 2 is 1.63 bits per heavy atom. The standard InChI is InChI=1S/C29H26ClF3N4O/c1-19-10-11-26(20(2)16-19)37-27(18-25(34-37)23-8-3-4-9-24(23)30)28(38)36-14-12-35(13-15-36)22-7-5-6-21(17-22)29(31,32)33/h3-11,16-18H,12-15H2,1-2H3. The molecule has 0 spiro atoms. The minimum Gasteiger partial charge on any atom is -0.368 e. The number of hydrogen-bond acceptors (Lipinski definition) is 3. The number of nitrogens with zero attached hydrogens (tertiary/aromatic N) is 4. The van der Waals surface area contributed by atoms with Crippen LogP contribution in [-0.2, 0) is 6.18 Å². The highest BCUT2D eigenvalue weighted by atomic mass is 35.5. The van der Waals surface area contributed by atoms with Crippen molar-refractivity contribution in [2.75, 3.05) is 31.1 Å². The van der Waals surface area contributed by atoms with Gasteiger partial charge in [0.05, 0.1) is 22.0 Å². The highest BCUT2D eigenvalue weighted by molar-refractivity contribution is 6.33. The smallest absolute Gasteiger partial charge is 0.368 e. The fourth-order valence-corrected chi connectivity index (χ4v) is 5.00. The van der Waals surface area contributed by atoms with E-state index in [9.17, 15) is 18.0 Å². The van der Waals surface area contributed by atoms with Gasteiger partial charge in [0.25, 0.3) is 5.91 Å². The van der Waals surface area contributed by atoms with Gasteiger partial charge in [-0.05, 0) is 55.8 Å². The van der Waals surface area contributed by atoms with E-state index in [4.69, 9.17) is 16.7 Å². The Balaban J connectivity index is 1.44. The molecule has 1 aromatic heterocycles. The van der Waals surface area contributed by atoms with Crippen LogP contribution < -0.4 is 4.90 Å². The second-order valence-corrected chi connectivity index (χ2v) is 9.83. The van der Waals surface area contributed by atoms with Crippen LogP contribution in [0.4, 0.5) is 18.9 Å². The zero-order chi connectivity index (χ0) is 27.0. The van der Waals surface area contributed by atoms with Gasteiger partial charge >= 0.3 is 6.18 Å². The predicted octanol–water partition coefficient (Wildman–Crippen LogP) is 6.79. The number of aromatic nitrogens is 2. The van der Waals surface area contributed by atoms with E-state index in [1.165, 1.54) is 6.07 Å². The van der Waals surface area contributed by atoms with Crippen molar-refractivity contribution in [2.45, 2.75) is 20.0 Å². The van der Waals surface area contributed by atoms with E-state index in [0.29, 0.717) is 48.3 Å². The quantitative estimate of drug-likeness (QED) is 0.287. The first-order valence-corrected chi connectivity index (χ1v) is 12.6. The summed E-state index contributed by atoms with van der Waals surface area (Å²) in [6.07, 6.45) is -4.40. The van der Waals surface area contributed by atoms with Crippen molar-refractivity contribution in [1.82, 2.24) is 14.7 Å². The lowest BCUT2D eigenvalue weighted by Crippen LogP contribution is -2.49. The molecule has 1 fully saturated rings. The molecule has 4 aromatic rings. The maximum Gasteiger partial charge on any atom is 0.416 e. The third-order valence-corrected chi connectivity index (χ3v) is 7.09. The summed E-state index contributed by atoms with van der Waals surface area (Å²) >= 11 is 6.44. The third-order valence-electron chi connectivity index (χ3n) is 6.76. The summed E-state index contributed by atoms with van der Waals surface area (Å²) in [5, 5.41) is 5.31. The Kier molecular flexibility index (Phi) is 6.92. The van der Waals surface area contributed by atoms with Gasteiger partial charge in [0, 0.05) is 37.4 Å². The van der Waals surface area contributed by atoms with Crippen molar-refractivity contribution in [3.8, 4) is 16.9 Å². The zero-order valence-electron chi connectivity index (χ0n) is 21.0. The summed E-state index contributed by atoms with van der Waals surface area (Å²) in [5.74, 6) is -0.195. The normalized spacial score (nSPS) is 14.2. The lowest BCUT2D eigenvalue weighted by molar-refractivity contribution is -0.137. The highest BCUT2D eigenvalue weighted by Crippen LogP contribution is 2.33. The van der Waals surface area contributed by atoms with Crippen LogP contribution in [0.15, 0.2) is 72.8 Å². The molecule has 0 aliphatic carbocycles. The van der Waals surface area contributed by atoms with Gasteiger partial charge in [-0.1, -0.05) is 53.6 Å². The second-order valence-electron chi connectivity index (χ2n) is 9.42. The molecular formula is C29H26ClF3N4O. The molecule has 1 aliphatic heterocycles. The molecular weight excluding hydrogens is 513 g/mol. The zero-order valence-corrected chi connectivity index (χ0v) is 21.7. The van der Waals surface area contributed by atoms with Gasteiger partial charge in [-0.2, -0.15) is 18.3 Å². The number of alkyl halides is 3. The van der Waals surface area contributed by atoms with Gasteiger partial charge in [-0.15, -0.1) is 0 Å². The Hall–Kier alpha value is -3.78. The summed E-state index contributed by atoms with van der Waals surface area (Å²) in [5.41, 5.74) is 4.39. The number of halogens is 4. The maximum absolute atomic E-state index is 13.8. The maximum atomic E-state index is 13.8. The molecule has 196 valence electrons. The van der Waals surface area contributed by atoms with E-state index in [-0.39, 0.29) is 5.91 Å². The molecule has 0 saturated carbocycles. The summed E-state index contributed by atoms with van der Waals surface area (Å²) in [7, 11) is 0. The third kappa shape index (κ3) is 5.13. The van der Waals surface area contributed by atoms with Gasteiger partial charge in [-0.25, -0.2) is 4.68 Å². The van der Waals surface area contributed by atoms with Gasteiger partial charge < -0.3 is 9.80 Å². The average molecular weight is 539 g/mol. The minimum atomic E-state index is -4.40. The molecule has 2 heterocycles. The first kappa shape index (κ1) is 25.9. The minimum absolute atomic E-state index is 0.195. The lowest BCUT2D eigenvalue weighted by Gasteiger charge is -2.36. The van der Waals surface area contributed by atoms with Crippen LogP contribution >= 0.6 is 11.6 Å². The van der Waals surface area contributed by atoms with E-state index < -0.39 is 11.7 Å². The Labute approximate surface area is 224 Å². The van der Waals surface area contributed by atoms with E-state index in [1.54, 1.807) is 27.8 Å². The molecule has 0 atom stereocenters. The van der Waals surface area contributed by atoms with E-state index >= 15 is 0 Å². The Bertz CT molecular complexity index is 1490. The largest absolute Gasteiger partial charge is 0.416 e. The molecule has 0 radical (unpaired) electrons. The van der Waals surface area contributed by atoms with Crippen LogP contribution in [0, 0.1) is 13.8 Å². The highest BCUT2D eigenvalue weighted by Gasteiger charge is 2.32. The number of carbonyl (C=O) groups is 1. The van der Waals surface area contributed by atoms with Crippen molar-refractivity contribution in [1.29, 1.82) is 0 Å². The topological polar surface area (TPSA) is 41.4 Å². The number of hydrogen-bond donors (Lipinski definition) is 0. The molecule has 1 amide bonds. The molecule has 0 bridgehead atoms. The van der Waals surface area contributed by atoms with E-state index in [2.05, 4.69) is 0 Å². The van der Waals surface area contributed by atoms with E-state index in [1.807, 2.05) is 55.1 Å². The summed E-state index contributed by atoms with van der Waals surface area (Å²) in [6, 6.07) is 20.3. The Morgan fingerprint density at radius 3 is 2.32 bits per heavy atom. The van der Waals surface area contributed by atoms with Crippen LogP contribution in [0.5, 0.6) is 0 Å². The summed E-state index contributed by atoms with van der Waals surface area (Å²) < 4.78 is 41.2.